The van der Waals surface area contributed by atoms with E-state index in [0.29, 0.717) is 22.5 Å². The van der Waals surface area contributed by atoms with E-state index in [-0.39, 0.29) is 24.3 Å². The van der Waals surface area contributed by atoms with Gasteiger partial charge in [0.05, 0.1) is 0 Å². The highest BCUT2D eigenvalue weighted by molar-refractivity contribution is 6.04. The van der Waals surface area contributed by atoms with Crippen LogP contribution in [0.2, 0.25) is 0 Å². The first-order chi connectivity index (χ1) is 14.5. The second-order valence-corrected chi connectivity index (χ2v) is 6.34. The fraction of sp³-hybridized carbons (Fsp3) is 0.0435. The summed E-state index contributed by atoms with van der Waals surface area (Å²) in [6.45, 7) is 3.66. The molecule has 0 radical (unpaired) electrons. The third-order valence-electron chi connectivity index (χ3n) is 4.18. The highest BCUT2D eigenvalue weighted by Crippen LogP contribution is 2.12. The average molecular weight is 400 g/mol. The van der Waals surface area contributed by atoms with Crippen LogP contribution in [0.25, 0.3) is 0 Å². The molecule has 3 rings (SSSR count). The molecule has 7 nitrogen and oxygen atoms in total. The number of nitrogens with one attached hydrogen (secondary N) is 3. The summed E-state index contributed by atoms with van der Waals surface area (Å²) in [7, 11) is 0. The van der Waals surface area contributed by atoms with Crippen LogP contribution in [-0.2, 0) is 11.3 Å². The second-order valence-electron chi connectivity index (χ2n) is 6.34. The van der Waals surface area contributed by atoms with Crippen molar-refractivity contribution in [1.29, 1.82) is 0 Å². The van der Waals surface area contributed by atoms with Crippen molar-refractivity contribution in [3.63, 3.8) is 0 Å². The van der Waals surface area contributed by atoms with Crippen molar-refractivity contribution in [3.8, 4) is 0 Å². The number of nitrogens with zero attached hydrogens (tertiary/aromatic N) is 1. The molecule has 150 valence electrons. The molecule has 0 fully saturated rings. The smallest absolute Gasteiger partial charge is 0.255 e. The van der Waals surface area contributed by atoms with Gasteiger partial charge in [-0.15, -0.1) is 0 Å². The lowest BCUT2D eigenvalue weighted by Gasteiger charge is -2.09. The molecule has 0 saturated carbocycles. The van der Waals surface area contributed by atoms with Crippen molar-refractivity contribution >= 4 is 29.1 Å². The van der Waals surface area contributed by atoms with E-state index in [2.05, 4.69) is 27.5 Å². The van der Waals surface area contributed by atoms with Gasteiger partial charge >= 0.3 is 0 Å². The van der Waals surface area contributed by atoms with E-state index < -0.39 is 0 Å². The maximum absolute atomic E-state index is 12.4. The summed E-state index contributed by atoms with van der Waals surface area (Å²) < 4.78 is 0. The second kappa shape index (κ2) is 9.79. The van der Waals surface area contributed by atoms with Gasteiger partial charge in [0, 0.05) is 41.4 Å². The van der Waals surface area contributed by atoms with Crippen molar-refractivity contribution in [3.05, 3.63) is 102 Å². The first-order valence-corrected chi connectivity index (χ1v) is 9.17. The molecule has 0 aliphatic rings. The molecular formula is C23H20N4O3. The molecule has 7 heteroatoms. The van der Waals surface area contributed by atoms with E-state index in [1.165, 1.54) is 6.08 Å². The van der Waals surface area contributed by atoms with Gasteiger partial charge in [-0.3, -0.25) is 19.4 Å². The highest BCUT2D eigenvalue weighted by Gasteiger charge is 2.09. The lowest BCUT2D eigenvalue weighted by Crippen LogP contribution is -2.23. The molecule has 1 heterocycles. The zero-order valence-corrected chi connectivity index (χ0v) is 16.1. The highest BCUT2D eigenvalue weighted by atomic mass is 16.2. The normalized spacial score (nSPS) is 10.0. The fourth-order valence-corrected chi connectivity index (χ4v) is 2.64. The van der Waals surface area contributed by atoms with E-state index in [0.717, 1.165) is 5.56 Å². The van der Waals surface area contributed by atoms with Crippen LogP contribution in [-0.4, -0.2) is 22.7 Å². The monoisotopic (exact) mass is 400 g/mol. The summed E-state index contributed by atoms with van der Waals surface area (Å²) in [4.78, 5) is 40.0. The molecule has 0 saturated heterocycles. The van der Waals surface area contributed by atoms with Gasteiger partial charge < -0.3 is 16.0 Å². The van der Waals surface area contributed by atoms with Gasteiger partial charge in [0.15, 0.2) is 0 Å². The van der Waals surface area contributed by atoms with Crippen LogP contribution in [0.3, 0.4) is 0 Å². The number of benzene rings is 2. The Balaban J connectivity index is 1.58. The Bertz CT molecular complexity index is 1060. The van der Waals surface area contributed by atoms with Gasteiger partial charge in [0.2, 0.25) is 5.91 Å². The summed E-state index contributed by atoms with van der Waals surface area (Å²) in [5.74, 6) is -0.824. The lowest BCUT2D eigenvalue weighted by atomic mass is 10.1. The van der Waals surface area contributed by atoms with Crippen LogP contribution in [0.4, 0.5) is 11.4 Å². The van der Waals surface area contributed by atoms with Crippen LogP contribution < -0.4 is 16.0 Å². The molecule has 0 bridgehead atoms. The number of hydrogen-bond donors (Lipinski definition) is 3. The number of pyridine rings is 1. The van der Waals surface area contributed by atoms with E-state index in [9.17, 15) is 14.4 Å². The Hall–Kier alpha value is -4.26. The van der Waals surface area contributed by atoms with Crippen LogP contribution in [0.5, 0.6) is 0 Å². The Morgan fingerprint density at radius 1 is 0.833 bits per heavy atom. The molecule has 30 heavy (non-hydrogen) atoms. The Kier molecular flexibility index (Phi) is 6.68. The van der Waals surface area contributed by atoms with Crippen molar-refractivity contribution in [2.24, 2.45) is 0 Å². The molecule has 0 aliphatic carbocycles. The number of rotatable bonds is 7. The van der Waals surface area contributed by atoms with E-state index in [4.69, 9.17) is 0 Å². The predicted octanol–water partition coefficient (Wildman–Crippen LogP) is 3.39. The standard InChI is InChI=1S/C23H20N4O3/c1-2-21(28)26-19-8-6-17(7-9-19)22(29)25-15-16-4-3-5-18(14-16)23(30)27-20-10-12-24-13-11-20/h2-14H,1,15H2,(H,25,29)(H,26,28)(H,24,27,30). The van der Waals surface area contributed by atoms with Crippen molar-refractivity contribution in [2.75, 3.05) is 10.6 Å². The van der Waals surface area contributed by atoms with Gasteiger partial charge in [-0.25, -0.2) is 0 Å². The van der Waals surface area contributed by atoms with Crippen molar-refractivity contribution in [1.82, 2.24) is 10.3 Å². The van der Waals surface area contributed by atoms with Gasteiger partial charge in [-0.2, -0.15) is 0 Å². The maximum Gasteiger partial charge on any atom is 0.255 e. The molecule has 1 aromatic heterocycles. The molecule has 0 unspecified atom stereocenters. The minimum Gasteiger partial charge on any atom is -0.348 e. The summed E-state index contributed by atoms with van der Waals surface area (Å²) in [5, 5.41) is 8.24. The van der Waals surface area contributed by atoms with Crippen molar-refractivity contribution in [2.45, 2.75) is 6.54 Å². The Morgan fingerprint density at radius 2 is 1.53 bits per heavy atom. The topological polar surface area (TPSA) is 100 Å². The number of carbonyl (C=O) groups excluding carboxylic acids is 3. The lowest BCUT2D eigenvalue weighted by molar-refractivity contribution is -0.111. The van der Waals surface area contributed by atoms with Gasteiger partial charge in [0.25, 0.3) is 11.8 Å². The van der Waals surface area contributed by atoms with E-state index in [1.807, 2.05) is 6.07 Å². The third kappa shape index (κ3) is 5.62. The SMILES string of the molecule is C=CC(=O)Nc1ccc(C(=O)NCc2cccc(C(=O)Nc3ccncc3)c2)cc1. The van der Waals surface area contributed by atoms with Crippen molar-refractivity contribution < 1.29 is 14.4 Å². The predicted molar refractivity (Wildman–Crippen MR) is 115 cm³/mol. The van der Waals surface area contributed by atoms with Crippen LogP contribution in [0, 0.1) is 0 Å². The number of aromatic nitrogens is 1. The first kappa shape index (κ1) is 20.5. The molecule has 0 spiro atoms. The third-order valence-corrected chi connectivity index (χ3v) is 4.18. The molecular weight excluding hydrogens is 380 g/mol. The summed E-state index contributed by atoms with van der Waals surface area (Å²) in [6, 6.07) is 17.0. The minimum atomic E-state index is -0.319. The average Bonchev–Trinajstić information content (AvgIpc) is 2.78. The molecule has 3 N–H and O–H groups in total. The van der Waals surface area contributed by atoms with Gasteiger partial charge in [-0.1, -0.05) is 18.7 Å². The number of amides is 3. The molecule has 0 atom stereocenters. The van der Waals surface area contributed by atoms with E-state index in [1.54, 1.807) is 67.0 Å². The van der Waals surface area contributed by atoms with E-state index >= 15 is 0 Å². The largest absolute Gasteiger partial charge is 0.348 e. The first-order valence-electron chi connectivity index (χ1n) is 9.17. The molecule has 2 aromatic carbocycles. The Labute approximate surface area is 173 Å². The van der Waals surface area contributed by atoms with Crippen LogP contribution >= 0.6 is 0 Å². The molecule has 0 aliphatic heterocycles. The van der Waals surface area contributed by atoms with Gasteiger partial charge in [0.1, 0.15) is 0 Å². The maximum atomic E-state index is 12.4. The quantitative estimate of drug-likeness (QED) is 0.529. The number of carbonyl (C=O) groups is 3. The van der Waals surface area contributed by atoms with Crippen LogP contribution in [0.1, 0.15) is 26.3 Å². The zero-order chi connectivity index (χ0) is 21.3. The molecule has 3 aromatic rings. The summed E-state index contributed by atoms with van der Waals surface area (Å²) >= 11 is 0. The minimum absolute atomic E-state index is 0.244. The number of anilines is 2. The van der Waals surface area contributed by atoms with Gasteiger partial charge in [-0.05, 0) is 60.2 Å². The summed E-state index contributed by atoms with van der Waals surface area (Å²) in [6.07, 6.45) is 4.37. The fourth-order valence-electron chi connectivity index (χ4n) is 2.64. The zero-order valence-electron chi connectivity index (χ0n) is 16.1. The van der Waals surface area contributed by atoms with Crippen LogP contribution in [0.15, 0.2) is 85.7 Å². The molecule has 3 amide bonds. The summed E-state index contributed by atoms with van der Waals surface area (Å²) in [5.41, 5.74) is 2.96. The number of hydrogen-bond acceptors (Lipinski definition) is 4. The Morgan fingerprint density at radius 3 is 2.23 bits per heavy atom.